The number of carbonyl (C=O) groups excluding carboxylic acids is 1. The van der Waals surface area contributed by atoms with Gasteiger partial charge in [-0.2, -0.15) is 13.2 Å². The molecule has 0 saturated carbocycles. The van der Waals surface area contributed by atoms with Crippen molar-refractivity contribution in [3.63, 3.8) is 0 Å². The van der Waals surface area contributed by atoms with E-state index in [1.807, 2.05) is 18.2 Å². The van der Waals surface area contributed by atoms with Crippen LogP contribution in [0.1, 0.15) is 16.8 Å². The van der Waals surface area contributed by atoms with Crippen LogP contribution in [0.15, 0.2) is 48.7 Å². The molecule has 1 aromatic carbocycles. The van der Waals surface area contributed by atoms with Gasteiger partial charge in [0.05, 0.1) is 16.3 Å². The van der Waals surface area contributed by atoms with Gasteiger partial charge in [-0.15, -0.1) is 0 Å². The fourth-order valence-corrected chi connectivity index (χ4v) is 1.88. The summed E-state index contributed by atoms with van der Waals surface area (Å²) < 4.78 is 42.4. The Bertz CT molecular complexity index is 715. The molecule has 23 heavy (non-hydrogen) atoms. The monoisotopic (exact) mass is 341 g/mol. The molecule has 1 aromatic heterocycles. The molecule has 0 bridgehead atoms. The summed E-state index contributed by atoms with van der Waals surface area (Å²) in [7, 11) is 0. The van der Waals surface area contributed by atoms with Gasteiger partial charge in [-0.25, -0.2) is 4.79 Å². The molecule has 2 rings (SSSR count). The molecule has 2 aromatic rings. The fourth-order valence-electron chi connectivity index (χ4n) is 1.65. The molecule has 0 aliphatic heterocycles. The second-order valence-electron chi connectivity index (χ2n) is 4.52. The summed E-state index contributed by atoms with van der Waals surface area (Å²) in [6, 6.07) is 9.80. The Balaban J connectivity index is 1.98. The third-order valence-corrected chi connectivity index (χ3v) is 3.10. The second-order valence-corrected chi connectivity index (χ2v) is 4.92. The van der Waals surface area contributed by atoms with Crippen LogP contribution in [0.2, 0.25) is 5.02 Å². The van der Waals surface area contributed by atoms with Crippen molar-refractivity contribution in [1.82, 2.24) is 4.98 Å². The van der Waals surface area contributed by atoms with E-state index in [0.29, 0.717) is 6.20 Å². The van der Waals surface area contributed by atoms with Gasteiger partial charge in [0.25, 0.3) is 0 Å². The summed E-state index contributed by atoms with van der Waals surface area (Å²) in [5.74, 6) is -0.647. The maximum absolute atomic E-state index is 12.5. The van der Waals surface area contributed by atoms with Crippen molar-refractivity contribution in [1.29, 1.82) is 0 Å². The van der Waals surface area contributed by atoms with E-state index in [1.54, 1.807) is 12.1 Å². The van der Waals surface area contributed by atoms with E-state index in [-0.39, 0.29) is 17.3 Å². The molecular formula is C16H11ClF3NO2. The fraction of sp³-hybridized carbons (Fsp3) is 0.125. The number of ether oxygens (including phenoxy) is 1. The number of rotatable bonds is 4. The molecule has 0 radical (unpaired) electrons. The molecule has 0 saturated heterocycles. The highest BCUT2D eigenvalue weighted by Gasteiger charge is 2.31. The molecule has 120 valence electrons. The zero-order valence-corrected chi connectivity index (χ0v) is 12.4. The summed E-state index contributed by atoms with van der Waals surface area (Å²) in [5, 5.41) is -0.202. The molecule has 7 heteroatoms. The molecule has 0 fully saturated rings. The smallest absolute Gasteiger partial charge is 0.417 e. The highest BCUT2D eigenvalue weighted by molar-refractivity contribution is 6.32. The summed E-state index contributed by atoms with van der Waals surface area (Å²) in [6.45, 7) is 0.0954. The first-order valence-electron chi connectivity index (χ1n) is 6.48. The van der Waals surface area contributed by atoms with Gasteiger partial charge >= 0.3 is 12.1 Å². The average Bonchev–Trinajstić information content (AvgIpc) is 2.51. The summed E-state index contributed by atoms with van der Waals surface area (Å²) >= 11 is 5.73. The van der Waals surface area contributed by atoms with Crippen LogP contribution in [-0.2, 0) is 22.3 Å². The lowest BCUT2D eigenvalue weighted by atomic mass is 10.2. The number of aromatic nitrogens is 1. The van der Waals surface area contributed by atoms with Crippen LogP contribution in [0.25, 0.3) is 6.08 Å². The van der Waals surface area contributed by atoms with Gasteiger partial charge in [0.1, 0.15) is 6.61 Å². The molecule has 1 heterocycles. The average molecular weight is 342 g/mol. The van der Waals surface area contributed by atoms with Crippen molar-refractivity contribution in [3.05, 3.63) is 70.5 Å². The van der Waals surface area contributed by atoms with Gasteiger partial charge in [-0.3, -0.25) is 4.98 Å². The number of esters is 1. The van der Waals surface area contributed by atoms with E-state index in [0.717, 1.165) is 17.7 Å². The number of carbonyl (C=O) groups is 1. The minimum absolute atomic E-state index is 0.0522. The lowest BCUT2D eigenvalue weighted by Gasteiger charge is -2.07. The normalized spacial score (nSPS) is 11.7. The largest absolute Gasteiger partial charge is 0.458 e. The van der Waals surface area contributed by atoms with Gasteiger partial charge in [-0.1, -0.05) is 41.9 Å². The van der Waals surface area contributed by atoms with E-state index < -0.39 is 17.7 Å². The second kappa shape index (κ2) is 7.28. The quantitative estimate of drug-likeness (QED) is 0.606. The van der Waals surface area contributed by atoms with Crippen molar-refractivity contribution in [3.8, 4) is 0 Å². The Morgan fingerprint density at radius 2 is 1.96 bits per heavy atom. The first-order valence-corrected chi connectivity index (χ1v) is 6.85. The highest BCUT2D eigenvalue weighted by Crippen LogP contribution is 2.31. The van der Waals surface area contributed by atoms with Gasteiger partial charge in [-0.05, 0) is 17.7 Å². The van der Waals surface area contributed by atoms with Crippen molar-refractivity contribution < 1.29 is 22.7 Å². The predicted molar refractivity (Wildman–Crippen MR) is 79.5 cm³/mol. The number of alkyl halides is 3. The summed E-state index contributed by atoms with van der Waals surface area (Å²) in [5.41, 5.74) is -0.0810. The minimum Gasteiger partial charge on any atom is -0.458 e. The van der Waals surface area contributed by atoms with Gasteiger partial charge in [0, 0.05) is 12.3 Å². The topological polar surface area (TPSA) is 39.2 Å². The van der Waals surface area contributed by atoms with Crippen molar-refractivity contribution >= 4 is 23.6 Å². The zero-order valence-electron chi connectivity index (χ0n) is 11.7. The molecule has 0 unspecified atom stereocenters. The van der Waals surface area contributed by atoms with E-state index in [4.69, 9.17) is 16.3 Å². The minimum atomic E-state index is -4.52. The molecular weight excluding hydrogens is 331 g/mol. The first kappa shape index (κ1) is 17.0. The van der Waals surface area contributed by atoms with Crippen LogP contribution in [0, 0.1) is 0 Å². The van der Waals surface area contributed by atoms with Crippen molar-refractivity contribution in [2.45, 2.75) is 12.8 Å². The number of nitrogens with zero attached hydrogens (tertiary/aromatic N) is 1. The van der Waals surface area contributed by atoms with Crippen LogP contribution in [0.5, 0.6) is 0 Å². The van der Waals surface area contributed by atoms with Crippen LogP contribution in [0.3, 0.4) is 0 Å². The SMILES string of the molecule is O=C(/C=C/c1ncc(C(F)(F)F)cc1Cl)OCc1ccccc1. The Morgan fingerprint density at radius 1 is 1.26 bits per heavy atom. The van der Waals surface area contributed by atoms with E-state index in [9.17, 15) is 18.0 Å². The van der Waals surface area contributed by atoms with Crippen molar-refractivity contribution in [2.75, 3.05) is 0 Å². The van der Waals surface area contributed by atoms with Crippen LogP contribution >= 0.6 is 11.6 Å². The Morgan fingerprint density at radius 3 is 2.57 bits per heavy atom. The summed E-state index contributed by atoms with van der Waals surface area (Å²) in [6.07, 6.45) is -1.60. The number of pyridine rings is 1. The van der Waals surface area contributed by atoms with Gasteiger partial charge in [0.15, 0.2) is 0 Å². The standard InChI is InChI=1S/C16H11ClF3NO2/c17-13-8-12(16(18,19)20)9-21-14(13)6-7-15(22)23-10-11-4-2-1-3-5-11/h1-9H,10H2/b7-6+. The Labute approximate surface area is 135 Å². The zero-order chi connectivity index (χ0) is 16.9. The number of hydrogen-bond donors (Lipinski definition) is 0. The van der Waals surface area contributed by atoms with Crippen LogP contribution in [-0.4, -0.2) is 11.0 Å². The number of halogens is 4. The Kier molecular flexibility index (Phi) is 5.39. The maximum atomic E-state index is 12.5. The van der Waals surface area contributed by atoms with Gasteiger partial charge < -0.3 is 4.74 Å². The first-order chi connectivity index (χ1) is 10.9. The lowest BCUT2D eigenvalue weighted by molar-refractivity contribution is -0.139. The Hall–Kier alpha value is -2.34. The third kappa shape index (κ3) is 5.10. The molecule has 0 amide bonds. The van der Waals surface area contributed by atoms with Crippen molar-refractivity contribution in [2.24, 2.45) is 0 Å². The molecule has 3 nitrogen and oxygen atoms in total. The molecule has 0 aliphatic carbocycles. The number of hydrogen-bond acceptors (Lipinski definition) is 3. The van der Waals surface area contributed by atoms with E-state index in [1.165, 1.54) is 6.08 Å². The maximum Gasteiger partial charge on any atom is 0.417 e. The predicted octanol–water partition coefficient (Wildman–Crippen LogP) is 4.51. The van der Waals surface area contributed by atoms with E-state index >= 15 is 0 Å². The molecule has 0 aliphatic rings. The molecule has 0 N–H and O–H groups in total. The third-order valence-electron chi connectivity index (χ3n) is 2.80. The van der Waals surface area contributed by atoms with E-state index in [2.05, 4.69) is 4.98 Å². The highest BCUT2D eigenvalue weighted by atomic mass is 35.5. The number of benzene rings is 1. The molecule has 0 spiro atoms. The van der Waals surface area contributed by atoms with Crippen LogP contribution in [0.4, 0.5) is 13.2 Å². The lowest BCUT2D eigenvalue weighted by Crippen LogP contribution is -2.06. The van der Waals surface area contributed by atoms with Gasteiger partial charge in [0.2, 0.25) is 0 Å². The molecule has 0 atom stereocenters. The summed E-state index contributed by atoms with van der Waals surface area (Å²) in [4.78, 5) is 15.2. The van der Waals surface area contributed by atoms with Crippen LogP contribution < -0.4 is 0 Å².